The third-order valence-electron chi connectivity index (χ3n) is 3.72. The van der Waals surface area contributed by atoms with Gasteiger partial charge in [-0.1, -0.05) is 0 Å². The first kappa shape index (κ1) is 13.6. The van der Waals surface area contributed by atoms with Gasteiger partial charge in [-0.05, 0) is 46.7 Å². The summed E-state index contributed by atoms with van der Waals surface area (Å²) in [6, 6.07) is 0. The van der Waals surface area contributed by atoms with Gasteiger partial charge in [-0.3, -0.25) is 0 Å². The van der Waals surface area contributed by atoms with Gasteiger partial charge in [0.05, 0.1) is 0 Å². The molecule has 1 saturated heterocycles. The Hall–Kier alpha value is -0.870. The molecule has 2 heterocycles. The van der Waals surface area contributed by atoms with E-state index in [-0.39, 0.29) is 5.54 Å². The van der Waals surface area contributed by atoms with Crippen LogP contribution in [0, 0.1) is 0 Å². The Kier molecular flexibility index (Phi) is 4.07. The predicted molar refractivity (Wildman–Crippen MR) is 74.6 cm³/mol. The van der Waals surface area contributed by atoms with Crippen molar-refractivity contribution in [2.24, 2.45) is 5.73 Å². The summed E-state index contributed by atoms with van der Waals surface area (Å²) in [5.74, 6) is 1.70. The van der Waals surface area contributed by atoms with Crippen LogP contribution < -0.4 is 5.73 Å². The second-order valence-electron chi connectivity index (χ2n) is 6.38. The minimum Gasteiger partial charge on any atom is -0.346 e. The summed E-state index contributed by atoms with van der Waals surface area (Å²) >= 11 is 0. The van der Waals surface area contributed by atoms with Crippen LogP contribution in [0.15, 0.2) is 6.20 Å². The van der Waals surface area contributed by atoms with Gasteiger partial charge >= 0.3 is 0 Å². The molecule has 1 aliphatic heterocycles. The molecule has 1 aliphatic rings. The van der Waals surface area contributed by atoms with Crippen LogP contribution in [0.2, 0.25) is 0 Å². The van der Waals surface area contributed by atoms with Crippen LogP contribution >= 0.6 is 0 Å². The summed E-state index contributed by atoms with van der Waals surface area (Å²) in [5.41, 5.74) is 7.19. The van der Waals surface area contributed by atoms with Crippen molar-refractivity contribution in [1.29, 1.82) is 0 Å². The number of aryl methyl sites for hydroxylation is 1. The topological polar surface area (TPSA) is 57.9 Å². The maximum atomic E-state index is 6.00. The maximum absolute atomic E-state index is 6.00. The minimum absolute atomic E-state index is 0.113. The van der Waals surface area contributed by atoms with Crippen molar-refractivity contribution in [3.05, 3.63) is 17.7 Å². The van der Waals surface area contributed by atoms with E-state index >= 15 is 0 Å². The van der Waals surface area contributed by atoms with E-state index in [9.17, 15) is 0 Å². The zero-order chi connectivity index (χ0) is 13.2. The molecule has 0 aliphatic carbocycles. The lowest BCUT2D eigenvalue weighted by molar-refractivity contribution is 0.248. The molecule has 0 saturated carbocycles. The summed E-state index contributed by atoms with van der Waals surface area (Å²) in [4.78, 5) is 10.4. The van der Waals surface area contributed by atoms with Crippen LogP contribution in [0.1, 0.15) is 50.5 Å². The normalized spacial score (nSPS) is 22.3. The quantitative estimate of drug-likeness (QED) is 0.858. The van der Waals surface area contributed by atoms with Gasteiger partial charge in [0.2, 0.25) is 0 Å². The summed E-state index contributed by atoms with van der Waals surface area (Å²) in [6.45, 7) is 6.49. The third kappa shape index (κ3) is 3.82. The van der Waals surface area contributed by atoms with Gasteiger partial charge in [0.25, 0.3) is 0 Å². The molecule has 0 amide bonds. The molecule has 3 N–H and O–H groups in total. The van der Waals surface area contributed by atoms with Crippen LogP contribution in [0.4, 0.5) is 0 Å². The maximum Gasteiger partial charge on any atom is 0.106 e. The minimum atomic E-state index is -0.113. The largest absolute Gasteiger partial charge is 0.346 e. The number of rotatable bonds is 4. The monoisotopic (exact) mass is 250 g/mol. The van der Waals surface area contributed by atoms with Crippen molar-refractivity contribution < 1.29 is 0 Å². The fourth-order valence-corrected chi connectivity index (χ4v) is 2.57. The molecule has 102 valence electrons. The Morgan fingerprint density at radius 1 is 1.56 bits per heavy atom. The highest BCUT2D eigenvalue weighted by molar-refractivity contribution is 5.09. The molecule has 1 unspecified atom stereocenters. The molecule has 1 aromatic heterocycles. The molecule has 0 aromatic carbocycles. The number of aromatic nitrogens is 2. The van der Waals surface area contributed by atoms with Gasteiger partial charge in [-0.15, -0.1) is 0 Å². The van der Waals surface area contributed by atoms with E-state index < -0.39 is 0 Å². The molecule has 1 fully saturated rings. The van der Waals surface area contributed by atoms with Crippen molar-refractivity contribution >= 4 is 0 Å². The Balaban J connectivity index is 1.93. The van der Waals surface area contributed by atoms with Crippen molar-refractivity contribution in [1.82, 2.24) is 14.9 Å². The fourth-order valence-electron chi connectivity index (χ4n) is 2.57. The molecule has 1 aromatic rings. The summed E-state index contributed by atoms with van der Waals surface area (Å²) in [6.07, 6.45) is 6.47. The van der Waals surface area contributed by atoms with E-state index in [1.54, 1.807) is 0 Å². The SMILES string of the molecule is CN1CCCC(c2cnc(CCC(C)(C)N)[nH]2)C1. The first-order valence-corrected chi connectivity index (χ1v) is 6.95. The lowest BCUT2D eigenvalue weighted by atomic mass is 9.96. The van der Waals surface area contributed by atoms with Crippen LogP contribution in [0.5, 0.6) is 0 Å². The van der Waals surface area contributed by atoms with E-state index in [1.807, 2.05) is 6.20 Å². The number of hydrogen-bond donors (Lipinski definition) is 2. The Bertz CT molecular complexity index is 377. The zero-order valence-corrected chi connectivity index (χ0v) is 11.9. The number of likely N-dealkylation sites (N-methyl/N-ethyl adjacent to an activating group) is 1. The van der Waals surface area contributed by atoms with E-state index in [0.29, 0.717) is 5.92 Å². The molecule has 0 radical (unpaired) electrons. The molecule has 4 nitrogen and oxygen atoms in total. The van der Waals surface area contributed by atoms with Gasteiger partial charge < -0.3 is 15.6 Å². The van der Waals surface area contributed by atoms with Gasteiger partial charge in [-0.2, -0.15) is 0 Å². The smallest absolute Gasteiger partial charge is 0.106 e. The van der Waals surface area contributed by atoms with Crippen LogP contribution in [0.25, 0.3) is 0 Å². The number of imidazole rings is 1. The molecule has 1 atom stereocenters. The first-order valence-electron chi connectivity index (χ1n) is 6.95. The summed E-state index contributed by atoms with van der Waals surface area (Å²) < 4.78 is 0. The Morgan fingerprint density at radius 3 is 3.00 bits per heavy atom. The summed E-state index contributed by atoms with van der Waals surface area (Å²) in [7, 11) is 2.19. The second-order valence-corrected chi connectivity index (χ2v) is 6.38. The van der Waals surface area contributed by atoms with Gasteiger partial charge in [0, 0.05) is 36.3 Å². The lowest BCUT2D eigenvalue weighted by Crippen LogP contribution is -2.32. The standard InChI is InChI=1S/C14H26N4/c1-14(2,15)7-6-13-16-9-12(17-13)11-5-4-8-18(3)10-11/h9,11H,4-8,10,15H2,1-3H3,(H,16,17). The third-order valence-corrected chi connectivity index (χ3v) is 3.72. The summed E-state index contributed by atoms with van der Waals surface area (Å²) in [5, 5.41) is 0. The van der Waals surface area contributed by atoms with E-state index in [4.69, 9.17) is 5.73 Å². The predicted octanol–water partition coefficient (Wildman–Crippen LogP) is 1.89. The molecule has 0 bridgehead atoms. The number of aromatic amines is 1. The van der Waals surface area contributed by atoms with Crippen molar-refractivity contribution in [3.8, 4) is 0 Å². The molecule has 4 heteroatoms. The molecule has 18 heavy (non-hydrogen) atoms. The molecular formula is C14H26N4. The number of nitrogens with two attached hydrogens (primary N) is 1. The highest BCUT2D eigenvalue weighted by Crippen LogP contribution is 2.25. The number of hydrogen-bond acceptors (Lipinski definition) is 3. The molecule has 2 rings (SSSR count). The highest BCUT2D eigenvalue weighted by atomic mass is 15.1. The second kappa shape index (κ2) is 5.41. The Labute approximate surface area is 110 Å². The molecule has 0 spiro atoms. The highest BCUT2D eigenvalue weighted by Gasteiger charge is 2.21. The average Bonchev–Trinajstić information content (AvgIpc) is 2.74. The zero-order valence-electron chi connectivity index (χ0n) is 11.9. The van der Waals surface area contributed by atoms with Gasteiger partial charge in [-0.25, -0.2) is 4.98 Å². The number of H-pyrrole nitrogens is 1. The van der Waals surface area contributed by atoms with Crippen LogP contribution in [0.3, 0.4) is 0 Å². The van der Waals surface area contributed by atoms with E-state index in [0.717, 1.165) is 25.2 Å². The number of likely N-dealkylation sites (tertiary alicyclic amines) is 1. The lowest BCUT2D eigenvalue weighted by Gasteiger charge is -2.28. The molecular weight excluding hydrogens is 224 g/mol. The van der Waals surface area contributed by atoms with Crippen molar-refractivity contribution in [2.75, 3.05) is 20.1 Å². The number of piperidine rings is 1. The van der Waals surface area contributed by atoms with E-state index in [1.165, 1.54) is 25.1 Å². The van der Waals surface area contributed by atoms with Gasteiger partial charge in [0.1, 0.15) is 5.82 Å². The van der Waals surface area contributed by atoms with Crippen LogP contribution in [-0.2, 0) is 6.42 Å². The van der Waals surface area contributed by atoms with Crippen molar-refractivity contribution in [2.45, 2.75) is 51.0 Å². The Morgan fingerprint density at radius 2 is 2.33 bits per heavy atom. The van der Waals surface area contributed by atoms with Gasteiger partial charge in [0.15, 0.2) is 0 Å². The van der Waals surface area contributed by atoms with E-state index in [2.05, 4.69) is 35.8 Å². The van der Waals surface area contributed by atoms with Crippen LogP contribution in [-0.4, -0.2) is 40.5 Å². The fraction of sp³-hybridized carbons (Fsp3) is 0.786. The van der Waals surface area contributed by atoms with Crippen molar-refractivity contribution in [3.63, 3.8) is 0 Å². The first-order chi connectivity index (χ1) is 8.44. The number of nitrogens with zero attached hydrogens (tertiary/aromatic N) is 2. The average molecular weight is 250 g/mol. The number of nitrogens with one attached hydrogen (secondary N) is 1.